The number of benzene rings is 1. The first-order valence-electron chi connectivity index (χ1n) is 4.91. The van der Waals surface area contributed by atoms with Crippen molar-refractivity contribution in [3.8, 4) is 11.5 Å². The fourth-order valence-electron chi connectivity index (χ4n) is 1.34. The fraction of sp³-hybridized carbons (Fsp3) is 0.0833. The first-order chi connectivity index (χ1) is 8.08. The van der Waals surface area contributed by atoms with Crippen molar-refractivity contribution in [3.63, 3.8) is 0 Å². The average Bonchev–Trinajstić information content (AvgIpc) is 2.28. The zero-order valence-corrected chi connectivity index (χ0v) is 11.4. The van der Waals surface area contributed by atoms with Gasteiger partial charge in [-0.2, -0.15) is 0 Å². The summed E-state index contributed by atoms with van der Waals surface area (Å²) in [6.07, 6.45) is 3.17. The Kier molecular flexibility index (Phi) is 3.54. The van der Waals surface area contributed by atoms with Gasteiger partial charge in [0.1, 0.15) is 5.75 Å². The van der Waals surface area contributed by atoms with Crippen LogP contribution in [0, 0.1) is 6.92 Å². The second-order valence-electron chi connectivity index (χ2n) is 3.55. The SMILES string of the molecule is Cc1ccc(Cl)cc1Oc1c(N)cncc1Br. The van der Waals surface area contributed by atoms with Crippen LogP contribution in [0.15, 0.2) is 35.1 Å². The van der Waals surface area contributed by atoms with Crippen molar-refractivity contribution < 1.29 is 4.74 Å². The molecule has 1 heterocycles. The van der Waals surface area contributed by atoms with Crippen LogP contribution in [-0.2, 0) is 0 Å². The fourth-order valence-corrected chi connectivity index (χ4v) is 1.93. The molecule has 0 aliphatic rings. The summed E-state index contributed by atoms with van der Waals surface area (Å²) in [4.78, 5) is 3.95. The molecule has 2 rings (SSSR count). The molecule has 5 heteroatoms. The molecule has 0 saturated carbocycles. The third-order valence-electron chi connectivity index (χ3n) is 2.24. The van der Waals surface area contributed by atoms with Crippen molar-refractivity contribution in [3.05, 3.63) is 45.7 Å². The maximum absolute atomic E-state index is 5.93. The van der Waals surface area contributed by atoms with Crippen LogP contribution in [0.25, 0.3) is 0 Å². The van der Waals surface area contributed by atoms with E-state index in [1.807, 2.05) is 19.1 Å². The van der Waals surface area contributed by atoms with Gasteiger partial charge in [0.05, 0.1) is 16.4 Å². The molecule has 1 aromatic heterocycles. The quantitative estimate of drug-likeness (QED) is 0.904. The summed E-state index contributed by atoms with van der Waals surface area (Å²) in [6, 6.07) is 5.46. The maximum Gasteiger partial charge on any atom is 0.167 e. The highest BCUT2D eigenvalue weighted by Crippen LogP contribution is 2.36. The molecule has 0 spiro atoms. The summed E-state index contributed by atoms with van der Waals surface area (Å²) in [5.41, 5.74) is 7.26. The number of halogens is 2. The minimum atomic E-state index is 0.471. The molecular formula is C12H10BrClN2O. The first-order valence-corrected chi connectivity index (χ1v) is 6.08. The second kappa shape index (κ2) is 4.94. The van der Waals surface area contributed by atoms with Gasteiger partial charge in [-0.1, -0.05) is 17.7 Å². The van der Waals surface area contributed by atoms with Crippen molar-refractivity contribution >= 4 is 33.2 Å². The molecule has 0 saturated heterocycles. The molecule has 0 aliphatic heterocycles. The average molecular weight is 314 g/mol. The third kappa shape index (κ3) is 2.70. The monoisotopic (exact) mass is 312 g/mol. The number of anilines is 1. The molecule has 17 heavy (non-hydrogen) atoms. The molecule has 0 unspecified atom stereocenters. The van der Waals surface area contributed by atoms with Gasteiger partial charge in [-0.05, 0) is 40.5 Å². The lowest BCUT2D eigenvalue weighted by molar-refractivity contribution is 0.477. The van der Waals surface area contributed by atoms with E-state index in [0.29, 0.717) is 26.7 Å². The molecule has 0 fully saturated rings. The smallest absolute Gasteiger partial charge is 0.167 e. The van der Waals surface area contributed by atoms with E-state index in [2.05, 4.69) is 20.9 Å². The summed E-state index contributed by atoms with van der Waals surface area (Å²) in [6.45, 7) is 1.94. The van der Waals surface area contributed by atoms with Gasteiger partial charge >= 0.3 is 0 Å². The Morgan fingerprint density at radius 1 is 1.35 bits per heavy atom. The largest absolute Gasteiger partial charge is 0.454 e. The van der Waals surface area contributed by atoms with Crippen LogP contribution in [0.4, 0.5) is 5.69 Å². The normalized spacial score (nSPS) is 10.3. The zero-order valence-electron chi connectivity index (χ0n) is 9.08. The van der Waals surface area contributed by atoms with Gasteiger partial charge in [-0.25, -0.2) is 0 Å². The Morgan fingerprint density at radius 2 is 2.12 bits per heavy atom. The van der Waals surface area contributed by atoms with Crippen molar-refractivity contribution in [2.45, 2.75) is 6.92 Å². The number of nitrogens with two attached hydrogens (primary N) is 1. The van der Waals surface area contributed by atoms with Gasteiger partial charge in [0.15, 0.2) is 5.75 Å². The van der Waals surface area contributed by atoms with Crippen LogP contribution in [0.2, 0.25) is 5.02 Å². The molecule has 0 aliphatic carbocycles. The molecule has 3 nitrogen and oxygen atoms in total. The third-order valence-corrected chi connectivity index (χ3v) is 3.04. The Labute approximate surface area is 113 Å². The van der Waals surface area contributed by atoms with Gasteiger partial charge in [0.2, 0.25) is 0 Å². The predicted octanol–water partition coefficient (Wildman–Crippen LogP) is 4.18. The first kappa shape index (κ1) is 12.2. The van der Waals surface area contributed by atoms with Gasteiger partial charge in [-0.3, -0.25) is 4.98 Å². The standard InChI is InChI=1S/C12H10BrClN2O/c1-7-2-3-8(14)4-11(7)17-12-9(13)5-16-6-10(12)15/h2-6H,15H2,1H3. The van der Waals surface area contributed by atoms with E-state index < -0.39 is 0 Å². The van der Waals surface area contributed by atoms with Crippen molar-refractivity contribution in [1.82, 2.24) is 4.98 Å². The van der Waals surface area contributed by atoms with Crippen LogP contribution in [0.1, 0.15) is 5.56 Å². The lowest BCUT2D eigenvalue weighted by Crippen LogP contribution is -1.95. The minimum Gasteiger partial charge on any atom is -0.454 e. The predicted molar refractivity (Wildman–Crippen MR) is 72.6 cm³/mol. The summed E-state index contributed by atoms with van der Waals surface area (Å²) in [7, 11) is 0. The number of ether oxygens (including phenoxy) is 1. The molecule has 0 radical (unpaired) electrons. The summed E-state index contributed by atoms with van der Waals surface area (Å²) < 4.78 is 6.46. The number of hydrogen-bond acceptors (Lipinski definition) is 3. The van der Waals surface area contributed by atoms with Gasteiger partial charge < -0.3 is 10.5 Å². The molecule has 0 atom stereocenters. The molecule has 2 N–H and O–H groups in total. The van der Waals surface area contributed by atoms with E-state index in [4.69, 9.17) is 22.1 Å². The minimum absolute atomic E-state index is 0.471. The van der Waals surface area contributed by atoms with Crippen molar-refractivity contribution in [1.29, 1.82) is 0 Å². The molecule has 2 aromatic rings. The summed E-state index contributed by atoms with van der Waals surface area (Å²) >= 11 is 9.27. The number of nitrogen functional groups attached to an aromatic ring is 1. The lowest BCUT2D eigenvalue weighted by Gasteiger charge is -2.12. The number of aryl methyl sites for hydroxylation is 1. The molecule has 0 amide bonds. The van der Waals surface area contributed by atoms with Crippen molar-refractivity contribution in [2.75, 3.05) is 5.73 Å². The zero-order chi connectivity index (χ0) is 12.4. The number of pyridine rings is 1. The van der Waals surface area contributed by atoms with Gasteiger partial charge in [0.25, 0.3) is 0 Å². The Bertz CT molecular complexity index is 540. The number of hydrogen-bond donors (Lipinski definition) is 1. The highest BCUT2D eigenvalue weighted by molar-refractivity contribution is 9.10. The molecule has 1 aromatic carbocycles. The number of rotatable bonds is 2. The topological polar surface area (TPSA) is 48.1 Å². The van der Waals surface area contributed by atoms with Crippen LogP contribution in [0.3, 0.4) is 0 Å². The van der Waals surface area contributed by atoms with Gasteiger partial charge in [0, 0.05) is 11.2 Å². The van der Waals surface area contributed by atoms with E-state index >= 15 is 0 Å². The highest BCUT2D eigenvalue weighted by Gasteiger charge is 2.09. The number of nitrogens with zero attached hydrogens (tertiary/aromatic N) is 1. The van der Waals surface area contributed by atoms with Crippen LogP contribution < -0.4 is 10.5 Å². The van der Waals surface area contributed by atoms with E-state index in [1.165, 1.54) is 0 Å². The van der Waals surface area contributed by atoms with Gasteiger partial charge in [-0.15, -0.1) is 0 Å². The molecule has 0 bridgehead atoms. The molecular weight excluding hydrogens is 304 g/mol. The van der Waals surface area contributed by atoms with Crippen molar-refractivity contribution in [2.24, 2.45) is 0 Å². The number of aromatic nitrogens is 1. The van der Waals surface area contributed by atoms with Crippen LogP contribution >= 0.6 is 27.5 Å². The van der Waals surface area contributed by atoms with E-state index in [9.17, 15) is 0 Å². The van der Waals surface area contributed by atoms with Crippen LogP contribution in [-0.4, -0.2) is 4.98 Å². The van der Waals surface area contributed by atoms with Crippen LogP contribution in [0.5, 0.6) is 11.5 Å². The summed E-state index contributed by atoms with van der Waals surface area (Å²) in [5.74, 6) is 1.22. The highest BCUT2D eigenvalue weighted by atomic mass is 79.9. The van der Waals surface area contributed by atoms with E-state index in [-0.39, 0.29) is 0 Å². The Hall–Kier alpha value is -1.26. The molecule has 88 valence electrons. The summed E-state index contributed by atoms with van der Waals surface area (Å²) in [5, 5.41) is 0.620. The van der Waals surface area contributed by atoms with E-state index in [0.717, 1.165) is 5.56 Å². The van der Waals surface area contributed by atoms with E-state index in [1.54, 1.807) is 18.5 Å². The second-order valence-corrected chi connectivity index (χ2v) is 4.84. The lowest BCUT2D eigenvalue weighted by atomic mass is 10.2. The maximum atomic E-state index is 5.93. The Balaban J connectivity index is 2.41. The Morgan fingerprint density at radius 3 is 2.82 bits per heavy atom.